The minimum absolute atomic E-state index is 0.0406. The van der Waals surface area contributed by atoms with E-state index in [1.54, 1.807) is 0 Å². The zero-order valence-electron chi connectivity index (χ0n) is 20.1. The molecule has 200 valence electrons. The molecule has 0 radical (unpaired) electrons. The van der Waals surface area contributed by atoms with E-state index in [0.29, 0.717) is 50.8 Å². The van der Waals surface area contributed by atoms with E-state index in [1.807, 2.05) is 0 Å². The molecule has 2 rings (SSSR count). The summed E-state index contributed by atoms with van der Waals surface area (Å²) in [4.78, 5) is 69.2. The Bertz CT molecular complexity index is 983. The number of hydrogen-bond donors (Lipinski definition) is 6. The Morgan fingerprint density at radius 3 is 2.36 bits per heavy atom. The molecule has 1 aromatic carbocycles. The molecule has 4 amide bonds. The second-order valence-corrected chi connectivity index (χ2v) is 9.78. The van der Waals surface area contributed by atoms with Crippen LogP contribution in [0.5, 0.6) is 5.75 Å². The molecule has 0 spiro atoms. The van der Waals surface area contributed by atoms with Crippen molar-refractivity contribution in [1.82, 2.24) is 15.5 Å². The van der Waals surface area contributed by atoms with Crippen molar-refractivity contribution >= 4 is 31.5 Å². The van der Waals surface area contributed by atoms with Gasteiger partial charge in [0.25, 0.3) is 0 Å². The van der Waals surface area contributed by atoms with Crippen LogP contribution in [0.4, 0.5) is 0 Å². The second kappa shape index (κ2) is 13.4. The Morgan fingerprint density at radius 1 is 1.14 bits per heavy atom. The van der Waals surface area contributed by atoms with Crippen molar-refractivity contribution in [2.75, 3.05) is 13.1 Å². The van der Waals surface area contributed by atoms with Crippen molar-refractivity contribution in [3.8, 4) is 5.75 Å². The fourth-order valence-corrected chi connectivity index (χ4v) is 4.46. The van der Waals surface area contributed by atoms with Gasteiger partial charge in [0, 0.05) is 19.9 Å². The lowest BCUT2D eigenvalue weighted by atomic mass is 10.0. The van der Waals surface area contributed by atoms with Crippen molar-refractivity contribution in [3.05, 3.63) is 29.8 Å². The monoisotopic (exact) mass is 527 g/mol. The molecule has 8 N–H and O–H groups in total. The number of unbranched alkanes of at least 4 members (excludes halogenated alkanes) is 1. The van der Waals surface area contributed by atoms with E-state index in [2.05, 4.69) is 15.2 Å². The summed E-state index contributed by atoms with van der Waals surface area (Å²) in [6.45, 7) is 2.02. The van der Waals surface area contributed by atoms with Gasteiger partial charge < -0.3 is 31.5 Å². The maximum atomic E-state index is 13.3. The number of phosphoric ester groups is 1. The van der Waals surface area contributed by atoms with Crippen LogP contribution in [0.15, 0.2) is 24.3 Å². The summed E-state index contributed by atoms with van der Waals surface area (Å²) in [5, 5.41) is 5.28. The van der Waals surface area contributed by atoms with Gasteiger partial charge in [-0.1, -0.05) is 12.1 Å². The number of carbonyl (C=O) groups excluding carboxylic acids is 4. The Balaban J connectivity index is 2.17. The van der Waals surface area contributed by atoms with Crippen LogP contribution >= 0.6 is 7.82 Å². The van der Waals surface area contributed by atoms with E-state index in [0.717, 1.165) is 0 Å². The Morgan fingerprint density at radius 2 is 1.81 bits per heavy atom. The molecule has 14 heteroatoms. The lowest BCUT2D eigenvalue weighted by Crippen LogP contribution is -2.56. The molecule has 1 heterocycles. The molecular formula is C22H34N5O8P. The smallest absolute Gasteiger partial charge is 0.404 e. The van der Waals surface area contributed by atoms with Crippen LogP contribution in [-0.2, 0) is 30.2 Å². The summed E-state index contributed by atoms with van der Waals surface area (Å²) in [5.74, 6) is -2.14. The first-order chi connectivity index (χ1) is 16.9. The third kappa shape index (κ3) is 9.23. The molecule has 13 nitrogen and oxygen atoms in total. The second-order valence-electron chi connectivity index (χ2n) is 8.62. The van der Waals surface area contributed by atoms with E-state index in [4.69, 9.17) is 21.3 Å². The normalized spacial score (nSPS) is 17.2. The number of rotatable bonds is 13. The Kier molecular flexibility index (Phi) is 10.8. The summed E-state index contributed by atoms with van der Waals surface area (Å²) in [6, 6.07) is 2.95. The molecule has 1 aromatic rings. The predicted molar refractivity (Wildman–Crippen MR) is 129 cm³/mol. The number of phosphoric acid groups is 1. The standard InChI is InChI=1S/C22H34N5O8P/c1-14(28)25-18(13-15-7-9-16(10-8-15)35-36(32,33)34)21(30)26-17(5-2-3-11-23)22(31)27-12-4-6-19(27)20(24)29/h7-10,17-19H,2-6,11-13,23H2,1H3,(H2,24,29)(H,25,28)(H,26,30)(H2,32,33,34)/t17-,18-,19-/m0/s1. The fraction of sp³-hybridized carbons (Fsp3) is 0.545. The summed E-state index contributed by atoms with van der Waals surface area (Å²) < 4.78 is 15.5. The molecule has 1 fully saturated rings. The van der Waals surface area contributed by atoms with Crippen LogP contribution in [0.3, 0.4) is 0 Å². The van der Waals surface area contributed by atoms with Crippen LogP contribution in [-0.4, -0.2) is 69.5 Å². The third-order valence-electron chi connectivity index (χ3n) is 5.71. The van der Waals surface area contributed by atoms with E-state index in [1.165, 1.54) is 36.1 Å². The van der Waals surface area contributed by atoms with Gasteiger partial charge in [0.1, 0.15) is 23.9 Å². The van der Waals surface area contributed by atoms with E-state index < -0.39 is 49.6 Å². The highest BCUT2D eigenvalue weighted by molar-refractivity contribution is 7.46. The maximum absolute atomic E-state index is 13.3. The van der Waals surface area contributed by atoms with Crippen molar-refractivity contribution in [2.24, 2.45) is 11.5 Å². The Labute approximate surface area is 209 Å². The first-order valence-electron chi connectivity index (χ1n) is 11.6. The Hall–Kier alpha value is -2.99. The van der Waals surface area contributed by atoms with Crippen LogP contribution in [0.25, 0.3) is 0 Å². The van der Waals surface area contributed by atoms with Crippen molar-refractivity contribution in [2.45, 2.75) is 63.6 Å². The van der Waals surface area contributed by atoms with Gasteiger partial charge in [0.15, 0.2) is 0 Å². The SMILES string of the molecule is CC(=O)N[C@@H](Cc1ccc(OP(=O)(O)O)cc1)C(=O)N[C@@H](CCCCN)C(=O)N1CCC[C@H]1C(N)=O. The number of benzene rings is 1. The zero-order valence-corrected chi connectivity index (χ0v) is 21.0. The summed E-state index contributed by atoms with van der Waals surface area (Å²) in [5.41, 5.74) is 11.6. The minimum Gasteiger partial charge on any atom is -0.404 e. The third-order valence-corrected chi connectivity index (χ3v) is 6.16. The van der Waals surface area contributed by atoms with E-state index in [-0.39, 0.29) is 12.2 Å². The average molecular weight is 528 g/mol. The summed E-state index contributed by atoms with van der Waals surface area (Å²) in [7, 11) is -4.72. The van der Waals surface area contributed by atoms with Gasteiger partial charge >= 0.3 is 7.82 Å². The van der Waals surface area contributed by atoms with Crippen molar-refractivity contribution < 1.29 is 38.1 Å². The number of nitrogens with zero attached hydrogens (tertiary/aromatic N) is 1. The average Bonchev–Trinajstić information content (AvgIpc) is 3.28. The molecular weight excluding hydrogens is 493 g/mol. The molecule has 1 aliphatic heterocycles. The molecule has 0 saturated carbocycles. The van der Waals surface area contributed by atoms with Crippen LogP contribution < -0.4 is 26.6 Å². The van der Waals surface area contributed by atoms with Crippen LogP contribution in [0.1, 0.15) is 44.6 Å². The maximum Gasteiger partial charge on any atom is 0.524 e. The topological polar surface area (TPSA) is 214 Å². The highest BCUT2D eigenvalue weighted by Gasteiger charge is 2.37. The highest BCUT2D eigenvalue weighted by Crippen LogP contribution is 2.37. The van der Waals surface area contributed by atoms with Gasteiger partial charge in [-0.15, -0.1) is 0 Å². The quantitative estimate of drug-likeness (QED) is 0.141. The molecule has 0 aromatic heterocycles. The van der Waals surface area contributed by atoms with E-state index in [9.17, 15) is 23.7 Å². The first-order valence-corrected chi connectivity index (χ1v) is 13.2. The van der Waals surface area contributed by atoms with Crippen molar-refractivity contribution in [1.29, 1.82) is 0 Å². The minimum atomic E-state index is -4.72. The van der Waals surface area contributed by atoms with Gasteiger partial charge in [0.2, 0.25) is 23.6 Å². The number of nitrogens with one attached hydrogen (secondary N) is 2. The number of primary amides is 1. The van der Waals surface area contributed by atoms with Crippen LogP contribution in [0, 0.1) is 0 Å². The van der Waals surface area contributed by atoms with Gasteiger partial charge in [0.05, 0.1) is 0 Å². The lowest BCUT2D eigenvalue weighted by Gasteiger charge is -2.29. The molecule has 3 atom stereocenters. The number of amides is 4. The zero-order chi connectivity index (χ0) is 26.9. The van der Waals surface area contributed by atoms with Gasteiger partial charge in [-0.3, -0.25) is 29.0 Å². The largest absolute Gasteiger partial charge is 0.524 e. The highest BCUT2D eigenvalue weighted by atomic mass is 31.2. The number of carbonyl (C=O) groups is 4. The van der Waals surface area contributed by atoms with Gasteiger partial charge in [-0.25, -0.2) is 4.57 Å². The number of nitrogens with two attached hydrogens (primary N) is 2. The summed E-state index contributed by atoms with van der Waals surface area (Å²) >= 11 is 0. The molecule has 0 bridgehead atoms. The fourth-order valence-electron chi connectivity index (χ4n) is 4.06. The van der Waals surface area contributed by atoms with Gasteiger partial charge in [-0.2, -0.15) is 0 Å². The predicted octanol–water partition coefficient (Wildman–Crippen LogP) is -0.705. The van der Waals surface area contributed by atoms with Gasteiger partial charge in [-0.05, 0) is 56.3 Å². The molecule has 36 heavy (non-hydrogen) atoms. The molecule has 0 aliphatic carbocycles. The van der Waals surface area contributed by atoms with Crippen molar-refractivity contribution in [3.63, 3.8) is 0 Å². The first kappa shape index (κ1) is 29.2. The number of likely N-dealkylation sites (tertiary alicyclic amines) is 1. The molecule has 0 unspecified atom stereocenters. The number of hydrogen-bond acceptors (Lipinski definition) is 7. The molecule has 1 aliphatic rings. The molecule has 1 saturated heterocycles. The lowest BCUT2D eigenvalue weighted by molar-refractivity contribution is -0.141. The van der Waals surface area contributed by atoms with E-state index >= 15 is 0 Å². The summed E-state index contributed by atoms with van der Waals surface area (Å²) in [6.07, 6.45) is 2.62. The van der Waals surface area contributed by atoms with Crippen LogP contribution in [0.2, 0.25) is 0 Å².